The summed E-state index contributed by atoms with van der Waals surface area (Å²) in [7, 11) is 0. The van der Waals surface area contributed by atoms with Gasteiger partial charge in [-0.15, -0.1) is 0 Å². The molecule has 2 amide bonds. The Bertz CT molecular complexity index is 533. The zero-order valence-corrected chi connectivity index (χ0v) is 14.1. The van der Waals surface area contributed by atoms with Crippen LogP contribution in [-0.4, -0.2) is 64.2 Å². The highest BCUT2D eigenvalue weighted by molar-refractivity contribution is 5.76. The van der Waals surface area contributed by atoms with E-state index >= 15 is 0 Å². The molecule has 6 aliphatic rings. The number of ether oxygens (including phenoxy) is 1. The monoisotopic (exact) mass is 336 g/mol. The topological polar surface area (TPSA) is 82.0 Å². The van der Waals surface area contributed by atoms with Crippen molar-refractivity contribution < 1.29 is 19.7 Å². The Balaban J connectivity index is 1.30. The molecule has 134 valence electrons. The van der Waals surface area contributed by atoms with Crippen LogP contribution in [0.4, 0.5) is 4.79 Å². The highest BCUT2D eigenvalue weighted by Crippen LogP contribution is 2.55. The van der Waals surface area contributed by atoms with Crippen LogP contribution in [0.3, 0.4) is 0 Å². The molecule has 6 heteroatoms. The minimum atomic E-state index is -0.462. The molecule has 1 aliphatic heterocycles. The lowest BCUT2D eigenvalue weighted by Crippen LogP contribution is -2.65. The maximum atomic E-state index is 13.0. The van der Waals surface area contributed by atoms with E-state index in [9.17, 15) is 15.0 Å². The fourth-order valence-corrected chi connectivity index (χ4v) is 6.21. The third-order valence-electron chi connectivity index (χ3n) is 7.35. The van der Waals surface area contributed by atoms with Crippen molar-refractivity contribution in [2.45, 2.75) is 68.2 Å². The predicted molar refractivity (Wildman–Crippen MR) is 86.3 cm³/mol. The average molecular weight is 336 g/mol. The van der Waals surface area contributed by atoms with Crippen molar-refractivity contribution in [1.29, 1.82) is 0 Å². The number of aliphatic hydroxyl groups excluding tert-OH is 1. The van der Waals surface area contributed by atoms with E-state index in [1.807, 2.05) is 4.90 Å². The summed E-state index contributed by atoms with van der Waals surface area (Å²) in [5.41, 5.74) is -0.587. The van der Waals surface area contributed by atoms with Crippen LogP contribution in [0.5, 0.6) is 0 Å². The normalized spacial score (nSPS) is 47.9. The van der Waals surface area contributed by atoms with Gasteiger partial charge in [0.2, 0.25) is 0 Å². The van der Waals surface area contributed by atoms with Crippen LogP contribution >= 0.6 is 0 Å². The lowest BCUT2D eigenvalue weighted by molar-refractivity contribution is -0.138. The van der Waals surface area contributed by atoms with Crippen molar-refractivity contribution in [3.63, 3.8) is 0 Å². The first-order chi connectivity index (χ1) is 11.5. The fraction of sp³-hybridized carbons (Fsp3) is 0.944. The Labute approximate surface area is 142 Å². The van der Waals surface area contributed by atoms with Crippen LogP contribution in [0, 0.1) is 17.8 Å². The highest BCUT2D eigenvalue weighted by atomic mass is 16.5. The lowest BCUT2D eigenvalue weighted by Gasteiger charge is -2.58. The summed E-state index contributed by atoms with van der Waals surface area (Å²) in [6.45, 7) is 0.991. The zero-order valence-electron chi connectivity index (χ0n) is 14.1. The van der Waals surface area contributed by atoms with Crippen molar-refractivity contribution in [3.05, 3.63) is 0 Å². The number of carbonyl (C=O) groups excluding carboxylic acids is 1. The Morgan fingerprint density at radius 3 is 2.50 bits per heavy atom. The van der Waals surface area contributed by atoms with Crippen molar-refractivity contribution in [2.24, 2.45) is 17.8 Å². The smallest absolute Gasteiger partial charge is 0.318 e. The molecule has 3 unspecified atom stereocenters. The number of hydrogen-bond donors (Lipinski definition) is 3. The van der Waals surface area contributed by atoms with Gasteiger partial charge in [-0.3, -0.25) is 0 Å². The van der Waals surface area contributed by atoms with Gasteiger partial charge in [0.05, 0.1) is 37.0 Å². The number of amides is 2. The van der Waals surface area contributed by atoms with Gasteiger partial charge in [0.25, 0.3) is 0 Å². The van der Waals surface area contributed by atoms with Crippen molar-refractivity contribution in [3.8, 4) is 0 Å². The number of rotatable bonds is 2. The molecule has 3 atom stereocenters. The number of nitrogens with zero attached hydrogens (tertiary/aromatic N) is 1. The summed E-state index contributed by atoms with van der Waals surface area (Å²) in [6, 6.07) is 0.222. The van der Waals surface area contributed by atoms with E-state index in [1.165, 1.54) is 0 Å². The van der Waals surface area contributed by atoms with Gasteiger partial charge in [-0.25, -0.2) is 4.79 Å². The van der Waals surface area contributed by atoms with Crippen LogP contribution in [0.1, 0.15) is 44.9 Å². The van der Waals surface area contributed by atoms with Gasteiger partial charge in [0, 0.05) is 6.04 Å². The number of urea groups is 1. The van der Waals surface area contributed by atoms with E-state index in [-0.39, 0.29) is 30.3 Å². The predicted octanol–water partition coefficient (Wildman–Crippen LogP) is 0.861. The van der Waals surface area contributed by atoms with E-state index < -0.39 is 5.60 Å². The molecule has 6 rings (SSSR count). The van der Waals surface area contributed by atoms with Crippen molar-refractivity contribution in [1.82, 2.24) is 10.2 Å². The van der Waals surface area contributed by atoms with E-state index in [0.717, 1.165) is 44.9 Å². The number of morpholine rings is 1. The van der Waals surface area contributed by atoms with Gasteiger partial charge < -0.3 is 25.2 Å². The maximum Gasteiger partial charge on any atom is 0.318 e. The molecule has 6 fully saturated rings. The summed E-state index contributed by atoms with van der Waals surface area (Å²) in [6.07, 6.45) is 6.69. The van der Waals surface area contributed by atoms with Gasteiger partial charge in [-0.05, 0) is 62.7 Å². The molecule has 6 nitrogen and oxygen atoms in total. The zero-order chi connectivity index (χ0) is 16.5. The van der Waals surface area contributed by atoms with E-state index in [4.69, 9.17) is 4.74 Å². The van der Waals surface area contributed by atoms with Crippen LogP contribution in [-0.2, 0) is 4.74 Å². The maximum absolute atomic E-state index is 13.0. The Hall–Kier alpha value is -0.850. The molecular weight excluding hydrogens is 308 g/mol. The molecule has 1 saturated heterocycles. The second-order valence-corrected chi connectivity index (χ2v) is 9.12. The van der Waals surface area contributed by atoms with Gasteiger partial charge in [-0.2, -0.15) is 0 Å². The third kappa shape index (κ3) is 2.30. The van der Waals surface area contributed by atoms with E-state index in [0.29, 0.717) is 30.9 Å². The number of nitrogens with one attached hydrogen (secondary N) is 1. The Morgan fingerprint density at radius 1 is 1.21 bits per heavy atom. The SMILES string of the molecule is O=C(NC1C2CC3CC1CC(O)(C3)C2)N1CC(CO)OCC12CC2. The molecule has 1 heterocycles. The van der Waals surface area contributed by atoms with Crippen LogP contribution < -0.4 is 5.32 Å². The van der Waals surface area contributed by atoms with E-state index in [2.05, 4.69) is 5.32 Å². The minimum absolute atomic E-state index is 0.0127. The Morgan fingerprint density at radius 2 is 1.92 bits per heavy atom. The first-order valence-electron chi connectivity index (χ1n) is 9.53. The number of aliphatic hydroxyl groups is 2. The van der Waals surface area contributed by atoms with Gasteiger partial charge in [0.1, 0.15) is 0 Å². The molecule has 0 radical (unpaired) electrons. The fourth-order valence-electron chi connectivity index (χ4n) is 6.21. The molecule has 1 spiro atoms. The molecular formula is C18H28N2O4. The summed E-state index contributed by atoms with van der Waals surface area (Å²) in [4.78, 5) is 14.9. The van der Waals surface area contributed by atoms with Gasteiger partial charge >= 0.3 is 6.03 Å². The molecule has 0 aromatic heterocycles. The largest absolute Gasteiger partial charge is 0.394 e. The standard InChI is InChI=1S/C18H28N2O4/c21-9-14-8-20(17(1-2-17)10-24-14)16(22)19-15-12-3-11-4-13(15)7-18(23,5-11)6-12/h11-15,21,23H,1-10H2,(H,19,22). The van der Waals surface area contributed by atoms with Crippen LogP contribution in [0.25, 0.3) is 0 Å². The van der Waals surface area contributed by atoms with Crippen LogP contribution in [0.15, 0.2) is 0 Å². The second kappa shape index (κ2) is 5.08. The molecule has 4 bridgehead atoms. The molecule has 0 aromatic rings. The van der Waals surface area contributed by atoms with E-state index in [1.54, 1.807) is 0 Å². The first-order valence-corrected chi connectivity index (χ1v) is 9.53. The van der Waals surface area contributed by atoms with Crippen molar-refractivity contribution in [2.75, 3.05) is 19.8 Å². The summed E-state index contributed by atoms with van der Waals surface area (Å²) in [5.74, 6) is 1.50. The minimum Gasteiger partial charge on any atom is -0.394 e. The number of carbonyl (C=O) groups is 1. The summed E-state index contributed by atoms with van der Waals surface area (Å²) in [5, 5.41) is 23.4. The Kier molecular flexibility index (Phi) is 3.26. The molecule has 24 heavy (non-hydrogen) atoms. The molecule has 3 N–H and O–H groups in total. The highest BCUT2D eigenvalue weighted by Gasteiger charge is 2.57. The van der Waals surface area contributed by atoms with Gasteiger partial charge in [0.15, 0.2) is 0 Å². The first kappa shape index (κ1) is 15.4. The lowest BCUT2D eigenvalue weighted by atomic mass is 9.52. The third-order valence-corrected chi connectivity index (χ3v) is 7.35. The van der Waals surface area contributed by atoms with Gasteiger partial charge in [-0.1, -0.05) is 0 Å². The molecule has 5 aliphatic carbocycles. The number of hydrogen-bond acceptors (Lipinski definition) is 4. The van der Waals surface area contributed by atoms with Crippen LogP contribution in [0.2, 0.25) is 0 Å². The second-order valence-electron chi connectivity index (χ2n) is 9.12. The van der Waals surface area contributed by atoms with Crippen molar-refractivity contribution >= 4 is 6.03 Å². The summed E-state index contributed by atoms with van der Waals surface area (Å²) >= 11 is 0. The average Bonchev–Trinajstić information content (AvgIpc) is 3.30. The molecule has 0 aromatic carbocycles. The quantitative estimate of drug-likeness (QED) is 0.699. The molecule has 5 saturated carbocycles. The summed E-state index contributed by atoms with van der Waals surface area (Å²) < 4.78 is 5.68.